The van der Waals surface area contributed by atoms with Crippen LogP contribution in [-0.2, 0) is 9.53 Å². The van der Waals surface area contributed by atoms with E-state index in [0.29, 0.717) is 16.6 Å². The lowest BCUT2D eigenvalue weighted by molar-refractivity contribution is -0.385. The molecule has 0 aliphatic heterocycles. The van der Waals surface area contributed by atoms with Crippen molar-refractivity contribution in [3.63, 3.8) is 0 Å². The topological polar surface area (TPSA) is 78.7 Å². The van der Waals surface area contributed by atoms with Crippen molar-refractivity contribution >= 4 is 27.6 Å². The fourth-order valence-corrected chi connectivity index (χ4v) is 1.78. The maximum Gasteiger partial charge on any atom is 0.305 e. The monoisotopic (exact) mass is 317 g/mol. The Morgan fingerprint density at radius 2 is 2.22 bits per heavy atom. The van der Waals surface area contributed by atoms with Crippen molar-refractivity contribution < 1.29 is 19.2 Å². The van der Waals surface area contributed by atoms with Gasteiger partial charge in [0.05, 0.1) is 18.6 Å². The number of nitrogens with zero attached hydrogens (tertiary/aromatic N) is 1. The van der Waals surface area contributed by atoms with Gasteiger partial charge in [0, 0.05) is 12.5 Å². The second-order valence-corrected chi connectivity index (χ2v) is 4.17. The molecule has 0 atom stereocenters. The zero-order chi connectivity index (χ0) is 13.5. The Bertz CT molecular complexity index is 449. The minimum Gasteiger partial charge on any atom is -0.492 e. The highest BCUT2D eigenvalue weighted by Gasteiger charge is 2.15. The van der Waals surface area contributed by atoms with Crippen molar-refractivity contribution in [1.82, 2.24) is 0 Å². The minimum atomic E-state index is -0.495. The van der Waals surface area contributed by atoms with Gasteiger partial charge in [-0.2, -0.15) is 0 Å². The Morgan fingerprint density at radius 3 is 2.83 bits per heavy atom. The van der Waals surface area contributed by atoms with Crippen LogP contribution in [0.25, 0.3) is 0 Å². The van der Waals surface area contributed by atoms with Gasteiger partial charge in [-0.3, -0.25) is 14.9 Å². The summed E-state index contributed by atoms with van der Waals surface area (Å²) in [5.74, 6) is 0.0748. The summed E-state index contributed by atoms with van der Waals surface area (Å²) in [6.45, 7) is 0.287. The summed E-state index contributed by atoms with van der Waals surface area (Å²) in [5, 5.41) is 10.7. The van der Waals surface area contributed by atoms with Crippen molar-refractivity contribution in [1.29, 1.82) is 0 Å². The Kier molecular flexibility index (Phi) is 5.57. The molecular weight excluding hydrogens is 306 g/mol. The van der Waals surface area contributed by atoms with E-state index in [2.05, 4.69) is 20.7 Å². The predicted octanol–water partition coefficient (Wildman–Crippen LogP) is 2.69. The van der Waals surface area contributed by atoms with E-state index in [9.17, 15) is 14.9 Å². The van der Waals surface area contributed by atoms with Gasteiger partial charge in [-0.05, 0) is 28.4 Å². The average molecular weight is 318 g/mol. The van der Waals surface area contributed by atoms with E-state index >= 15 is 0 Å². The summed E-state index contributed by atoms with van der Waals surface area (Å²) in [6, 6.07) is 4.54. The van der Waals surface area contributed by atoms with Crippen molar-refractivity contribution in [3.8, 4) is 5.75 Å². The average Bonchev–Trinajstić information content (AvgIpc) is 2.35. The third-order valence-corrected chi connectivity index (χ3v) is 2.95. The van der Waals surface area contributed by atoms with Gasteiger partial charge < -0.3 is 9.47 Å². The Hall–Kier alpha value is -1.63. The SMILES string of the molecule is COC(=O)CCCOc1cccc([N+](=O)[O-])c1Br. The first kappa shape index (κ1) is 14.4. The van der Waals surface area contributed by atoms with Crippen molar-refractivity contribution in [2.75, 3.05) is 13.7 Å². The zero-order valence-electron chi connectivity index (χ0n) is 9.72. The predicted molar refractivity (Wildman–Crippen MR) is 67.5 cm³/mol. The molecule has 0 aliphatic rings. The summed E-state index contributed by atoms with van der Waals surface area (Å²) >= 11 is 3.12. The third kappa shape index (κ3) is 3.99. The number of hydrogen-bond acceptors (Lipinski definition) is 5. The van der Waals surface area contributed by atoms with Gasteiger partial charge in [0.2, 0.25) is 0 Å². The molecule has 0 heterocycles. The molecule has 18 heavy (non-hydrogen) atoms. The molecule has 1 aromatic carbocycles. The molecule has 0 amide bonds. The number of nitro benzene ring substituents is 1. The van der Waals surface area contributed by atoms with E-state index in [0.717, 1.165) is 0 Å². The number of hydrogen-bond donors (Lipinski definition) is 0. The van der Waals surface area contributed by atoms with Crippen molar-refractivity contribution in [3.05, 3.63) is 32.8 Å². The maximum atomic E-state index is 10.9. The smallest absolute Gasteiger partial charge is 0.305 e. The van der Waals surface area contributed by atoms with Gasteiger partial charge in [-0.15, -0.1) is 0 Å². The second kappa shape index (κ2) is 6.95. The van der Waals surface area contributed by atoms with E-state index in [1.807, 2.05) is 0 Å². The number of nitro groups is 1. The highest BCUT2D eigenvalue weighted by atomic mass is 79.9. The summed E-state index contributed by atoms with van der Waals surface area (Å²) in [6.07, 6.45) is 0.741. The van der Waals surface area contributed by atoms with Crippen LogP contribution in [0.4, 0.5) is 5.69 Å². The number of carbonyl (C=O) groups excluding carboxylic acids is 1. The molecule has 0 spiro atoms. The first-order valence-electron chi connectivity index (χ1n) is 5.18. The van der Waals surface area contributed by atoms with Gasteiger partial charge in [-0.1, -0.05) is 6.07 Å². The van der Waals surface area contributed by atoms with E-state index in [4.69, 9.17) is 4.74 Å². The highest BCUT2D eigenvalue weighted by molar-refractivity contribution is 9.10. The molecule has 0 saturated carbocycles. The standard InChI is InChI=1S/C11H12BrNO5/c1-17-10(14)6-3-7-18-9-5-2-4-8(11(9)12)13(15)16/h2,4-5H,3,6-7H2,1H3. The maximum absolute atomic E-state index is 10.9. The molecule has 1 rings (SSSR count). The van der Waals surface area contributed by atoms with E-state index < -0.39 is 4.92 Å². The van der Waals surface area contributed by atoms with Crippen LogP contribution in [0.3, 0.4) is 0 Å². The Morgan fingerprint density at radius 1 is 1.50 bits per heavy atom. The number of rotatable bonds is 6. The molecule has 0 aromatic heterocycles. The number of ether oxygens (including phenoxy) is 2. The van der Waals surface area contributed by atoms with Gasteiger partial charge in [0.15, 0.2) is 0 Å². The van der Waals surface area contributed by atoms with E-state index in [1.54, 1.807) is 12.1 Å². The molecule has 7 heteroatoms. The number of carbonyl (C=O) groups is 1. The molecule has 0 N–H and O–H groups in total. The largest absolute Gasteiger partial charge is 0.492 e. The van der Waals surface area contributed by atoms with Crippen LogP contribution in [-0.4, -0.2) is 24.6 Å². The molecule has 0 unspecified atom stereocenters. The molecule has 6 nitrogen and oxygen atoms in total. The van der Waals surface area contributed by atoms with Crippen LogP contribution in [0.2, 0.25) is 0 Å². The quantitative estimate of drug-likeness (QED) is 0.349. The Labute approximate surface area is 112 Å². The molecular formula is C11H12BrNO5. The first-order chi connectivity index (χ1) is 8.56. The molecule has 0 aliphatic carbocycles. The van der Waals surface area contributed by atoms with Gasteiger partial charge >= 0.3 is 5.97 Å². The van der Waals surface area contributed by atoms with Crippen LogP contribution >= 0.6 is 15.9 Å². The van der Waals surface area contributed by atoms with Gasteiger partial charge in [0.25, 0.3) is 5.69 Å². The second-order valence-electron chi connectivity index (χ2n) is 3.37. The van der Waals surface area contributed by atoms with Crippen LogP contribution in [0.15, 0.2) is 22.7 Å². The summed E-state index contributed by atoms with van der Waals surface area (Å²) in [4.78, 5) is 21.1. The number of halogens is 1. The fraction of sp³-hybridized carbons (Fsp3) is 0.364. The molecule has 0 saturated heterocycles. The minimum absolute atomic E-state index is 0.0551. The van der Waals surface area contributed by atoms with Gasteiger partial charge in [-0.25, -0.2) is 0 Å². The number of benzene rings is 1. The Balaban J connectivity index is 2.55. The molecule has 0 bridgehead atoms. The lowest BCUT2D eigenvalue weighted by Crippen LogP contribution is -2.05. The van der Waals surface area contributed by atoms with E-state index in [-0.39, 0.29) is 24.7 Å². The molecule has 0 fully saturated rings. The molecule has 0 radical (unpaired) electrons. The highest BCUT2D eigenvalue weighted by Crippen LogP contribution is 2.33. The molecule has 98 valence electrons. The fourth-order valence-electron chi connectivity index (χ4n) is 1.25. The van der Waals surface area contributed by atoms with E-state index in [1.165, 1.54) is 13.2 Å². The zero-order valence-corrected chi connectivity index (χ0v) is 11.3. The summed E-state index contributed by atoms with van der Waals surface area (Å²) in [5.41, 5.74) is -0.0551. The third-order valence-electron chi connectivity index (χ3n) is 2.15. The van der Waals surface area contributed by atoms with Crippen LogP contribution < -0.4 is 4.74 Å². The lowest BCUT2D eigenvalue weighted by Gasteiger charge is -2.07. The van der Waals surface area contributed by atoms with Crippen LogP contribution in [0, 0.1) is 10.1 Å². The number of methoxy groups -OCH3 is 1. The van der Waals surface area contributed by atoms with Crippen LogP contribution in [0.1, 0.15) is 12.8 Å². The first-order valence-corrected chi connectivity index (χ1v) is 5.98. The number of esters is 1. The van der Waals surface area contributed by atoms with Crippen LogP contribution in [0.5, 0.6) is 5.75 Å². The molecule has 1 aromatic rings. The lowest BCUT2D eigenvalue weighted by atomic mass is 10.3. The summed E-state index contributed by atoms with van der Waals surface area (Å²) in [7, 11) is 1.32. The normalized spacial score (nSPS) is 9.89. The summed E-state index contributed by atoms with van der Waals surface area (Å²) < 4.78 is 10.1. The van der Waals surface area contributed by atoms with Crippen molar-refractivity contribution in [2.24, 2.45) is 0 Å². The van der Waals surface area contributed by atoms with Crippen molar-refractivity contribution in [2.45, 2.75) is 12.8 Å². The van der Waals surface area contributed by atoms with Gasteiger partial charge in [0.1, 0.15) is 10.2 Å².